The van der Waals surface area contributed by atoms with Crippen molar-refractivity contribution < 1.29 is 9.18 Å². The van der Waals surface area contributed by atoms with Gasteiger partial charge in [0, 0.05) is 25.2 Å². The van der Waals surface area contributed by atoms with E-state index in [9.17, 15) is 9.18 Å². The van der Waals surface area contributed by atoms with Crippen LogP contribution in [0.5, 0.6) is 0 Å². The van der Waals surface area contributed by atoms with Crippen LogP contribution in [0.25, 0.3) is 0 Å². The van der Waals surface area contributed by atoms with Gasteiger partial charge in [-0.25, -0.2) is 9.38 Å². The summed E-state index contributed by atoms with van der Waals surface area (Å²) in [6.07, 6.45) is 0.767. The van der Waals surface area contributed by atoms with Gasteiger partial charge >= 0.3 is 0 Å². The van der Waals surface area contributed by atoms with Crippen molar-refractivity contribution in [3.63, 3.8) is 0 Å². The van der Waals surface area contributed by atoms with Gasteiger partial charge < -0.3 is 16.0 Å². The molecule has 2 rings (SSSR count). The summed E-state index contributed by atoms with van der Waals surface area (Å²) >= 11 is 0. The summed E-state index contributed by atoms with van der Waals surface area (Å²) in [6, 6.07) is 15.6. The number of carbonyl (C=O) groups excluding carboxylic acids is 1. The molecule has 0 aliphatic heterocycles. The highest BCUT2D eigenvalue weighted by atomic mass is 127. The molecule has 2 aromatic carbocycles. The zero-order valence-electron chi connectivity index (χ0n) is 15.4. The maximum atomic E-state index is 13.2. The number of amides is 1. The summed E-state index contributed by atoms with van der Waals surface area (Å²) in [7, 11) is 0. The minimum absolute atomic E-state index is 0. The number of aliphatic imine (C=N–C) groups is 1. The Morgan fingerprint density at radius 3 is 2.44 bits per heavy atom. The first-order chi connectivity index (χ1) is 12.7. The highest BCUT2D eigenvalue weighted by Crippen LogP contribution is 2.04. The number of hydrogen-bond acceptors (Lipinski definition) is 2. The predicted octanol–water partition coefficient (Wildman–Crippen LogP) is 3.32. The molecule has 2 aromatic rings. The SMILES string of the molecule is CCNC(=NCc1cccc(F)c1)NCCCNC(=O)c1ccccc1.I. The van der Waals surface area contributed by atoms with E-state index in [2.05, 4.69) is 20.9 Å². The summed E-state index contributed by atoms with van der Waals surface area (Å²) in [6.45, 7) is 4.37. The van der Waals surface area contributed by atoms with Crippen LogP contribution in [0.3, 0.4) is 0 Å². The van der Waals surface area contributed by atoms with Gasteiger partial charge in [-0.2, -0.15) is 0 Å². The Bertz CT molecular complexity index is 725. The van der Waals surface area contributed by atoms with Crippen LogP contribution in [-0.4, -0.2) is 31.5 Å². The molecule has 7 heteroatoms. The minimum atomic E-state index is -0.259. The molecule has 0 unspecified atom stereocenters. The third-order valence-corrected chi connectivity index (χ3v) is 3.62. The largest absolute Gasteiger partial charge is 0.357 e. The quantitative estimate of drug-likeness (QED) is 0.233. The number of guanidine groups is 1. The first-order valence-corrected chi connectivity index (χ1v) is 8.79. The second-order valence-electron chi connectivity index (χ2n) is 5.73. The van der Waals surface area contributed by atoms with E-state index in [4.69, 9.17) is 0 Å². The van der Waals surface area contributed by atoms with Crippen molar-refractivity contribution in [1.82, 2.24) is 16.0 Å². The molecule has 0 heterocycles. The number of benzene rings is 2. The first-order valence-electron chi connectivity index (χ1n) is 8.79. The van der Waals surface area contributed by atoms with Gasteiger partial charge in [0.25, 0.3) is 5.91 Å². The molecular formula is C20H26FIN4O. The minimum Gasteiger partial charge on any atom is -0.357 e. The maximum Gasteiger partial charge on any atom is 0.251 e. The van der Waals surface area contributed by atoms with Gasteiger partial charge in [0.1, 0.15) is 5.82 Å². The molecule has 1 amide bonds. The zero-order valence-corrected chi connectivity index (χ0v) is 17.7. The molecule has 0 bridgehead atoms. The summed E-state index contributed by atoms with van der Waals surface area (Å²) in [4.78, 5) is 16.4. The van der Waals surface area contributed by atoms with Crippen LogP contribution >= 0.6 is 24.0 Å². The van der Waals surface area contributed by atoms with E-state index in [0.29, 0.717) is 31.2 Å². The lowest BCUT2D eigenvalue weighted by atomic mass is 10.2. The monoisotopic (exact) mass is 484 g/mol. The maximum absolute atomic E-state index is 13.2. The van der Waals surface area contributed by atoms with Crippen molar-refractivity contribution in [1.29, 1.82) is 0 Å². The lowest BCUT2D eigenvalue weighted by Gasteiger charge is -2.11. The molecule has 146 valence electrons. The van der Waals surface area contributed by atoms with Crippen LogP contribution in [0.4, 0.5) is 4.39 Å². The Morgan fingerprint density at radius 2 is 1.74 bits per heavy atom. The van der Waals surface area contributed by atoms with Gasteiger partial charge in [-0.05, 0) is 43.2 Å². The molecule has 0 aromatic heterocycles. The van der Waals surface area contributed by atoms with E-state index < -0.39 is 0 Å². The third-order valence-electron chi connectivity index (χ3n) is 3.62. The fraction of sp³-hybridized carbons (Fsp3) is 0.300. The topological polar surface area (TPSA) is 65.5 Å². The molecule has 0 atom stereocenters. The molecule has 0 saturated heterocycles. The fourth-order valence-corrected chi connectivity index (χ4v) is 2.34. The lowest BCUT2D eigenvalue weighted by molar-refractivity contribution is 0.0953. The van der Waals surface area contributed by atoms with Gasteiger partial charge in [0.05, 0.1) is 6.54 Å². The van der Waals surface area contributed by atoms with Crippen LogP contribution in [0.2, 0.25) is 0 Å². The van der Waals surface area contributed by atoms with E-state index in [1.54, 1.807) is 18.2 Å². The van der Waals surface area contributed by atoms with Crippen LogP contribution < -0.4 is 16.0 Å². The Kier molecular flexibility index (Phi) is 11.1. The molecule has 5 nitrogen and oxygen atoms in total. The van der Waals surface area contributed by atoms with Crippen molar-refractivity contribution in [2.75, 3.05) is 19.6 Å². The highest BCUT2D eigenvalue weighted by molar-refractivity contribution is 14.0. The van der Waals surface area contributed by atoms with Crippen LogP contribution in [0, 0.1) is 5.82 Å². The molecule has 0 saturated carbocycles. The normalized spacial score (nSPS) is 10.7. The average molecular weight is 484 g/mol. The van der Waals surface area contributed by atoms with E-state index >= 15 is 0 Å². The standard InChI is InChI=1S/C20H25FN4O.HI/c1-2-22-20(25-15-16-8-6-11-18(21)14-16)24-13-7-12-23-19(26)17-9-4-3-5-10-17;/h3-6,8-11,14H,2,7,12-13,15H2,1H3,(H,23,26)(H2,22,24,25);1H. The Morgan fingerprint density at radius 1 is 1.00 bits per heavy atom. The van der Waals surface area contributed by atoms with Crippen LogP contribution in [0.15, 0.2) is 59.6 Å². The van der Waals surface area contributed by atoms with E-state index in [1.807, 2.05) is 31.2 Å². The summed E-state index contributed by atoms with van der Waals surface area (Å²) in [5, 5.41) is 9.25. The lowest BCUT2D eigenvalue weighted by Crippen LogP contribution is -2.38. The number of halogens is 2. The molecular weight excluding hydrogens is 458 g/mol. The van der Waals surface area contributed by atoms with Gasteiger partial charge in [0.15, 0.2) is 5.96 Å². The van der Waals surface area contributed by atoms with E-state index in [-0.39, 0.29) is 35.7 Å². The van der Waals surface area contributed by atoms with E-state index in [1.165, 1.54) is 12.1 Å². The molecule has 0 aliphatic carbocycles. The van der Waals surface area contributed by atoms with Gasteiger partial charge in [-0.1, -0.05) is 30.3 Å². The molecule has 0 spiro atoms. The fourth-order valence-electron chi connectivity index (χ4n) is 2.34. The van der Waals surface area contributed by atoms with Gasteiger partial charge in [0.2, 0.25) is 0 Å². The Labute approximate surface area is 176 Å². The molecule has 27 heavy (non-hydrogen) atoms. The number of nitrogens with zero attached hydrogens (tertiary/aromatic N) is 1. The molecule has 3 N–H and O–H groups in total. The summed E-state index contributed by atoms with van der Waals surface area (Å²) in [5.41, 5.74) is 1.47. The molecule has 0 fully saturated rings. The zero-order chi connectivity index (χ0) is 18.6. The van der Waals surface area contributed by atoms with Crippen molar-refractivity contribution in [2.24, 2.45) is 4.99 Å². The Balaban J connectivity index is 0.00000364. The Hall–Kier alpha value is -2.16. The number of rotatable bonds is 8. The van der Waals surface area contributed by atoms with Gasteiger partial charge in [-0.3, -0.25) is 4.79 Å². The highest BCUT2D eigenvalue weighted by Gasteiger charge is 2.03. The third kappa shape index (κ3) is 8.85. The van der Waals surface area contributed by atoms with Crippen molar-refractivity contribution in [3.05, 3.63) is 71.5 Å². The van der Waals surface area contributed by atoms with Crippen LogP contribution in [0.1, 0.15) is 29.3 Å². The van der Waals surface area contributed by atoms with Crippen molar-refractivity contribution >= 4 is 35.8 Å². The van der Waals surface area contributed by atoms with Gasteiger partial charge in [-0.15, -0.1) is 24.0 Å². The number of nitrogens with one attached hydrogen (secondary N) is 3. The summed E-state index contributed by atoms with van der Waals surface area (Å²) < 4.78 is 13.2. The number of hydrogen-bond donors (Lipinski definition) is 3. The number of carbonyl (C=O) groups is 1. The average Bonchev–Trinajstić information content (AvgIpc) is 2.66. The summed E-state index contributed by atoms with van der Waals surface area (Å²) in [5.74, 6) is 0.341. The molecule has 0 aliphatic rings. The second-order valence-corrected chi connectivity index (χ2v) is 5.73. The first kappa shape index (κ1) is 22.9. The van der Waals surface area contributed by atoms with Crippen molar-refractivity contribution in [3.8, 4) is 0 Å². The van der Waals surface area contributed by atoms with Crippen molar-refractivity contribution in [2.45, 2.75) is 19.9 Å². The second kappa shape index (κ2) is 13.1. The predicted molar refractivity (Wildman–Crippen MR) is 118 cm³/mol. The van der Waals surface area contributed by atoms with Crippen LogP contribution in [-0.2, 0) is 6.54 Å². The van der Waals surface area contributed by atoms with E-state index in [0.717, 1.165) is 18.5 Å². The molecule has 0 radical (unpaired) electrons. The smallest absolute Gasteiger partial charge is 0.251 e.